The van der Waals surface area contributed by atoms with Crippen LogP contribution in [0.25, 0.3) is 0 Å². The fraction of sp³-hybridized carbons (Fsp3) is 0.421. The second kappa shape index (κ2) is 7.09. The minimum absolute atomic E-state index is 0.0709. The van der Waals surface area contributed by atoms with E-state index in [4.69, 9.17) is 4.74 Å². The Balaban J connectivity index is 1.86. The van der Waals surface area contributed by atoms with E-state index in [2.05, 4.69) is 9.97 Å². The van der Waals surface area contributed by atoms with E-state index in [1.807, 2.05) is 38.1 Å². The molecule has 1 amide bonds. The Bertz CT molecular complexity index is 842. The molecule has 0 spiro atoms. The number of methoxy groups -OCH3 is 1. The third-order valence-electron chi connectivity index (χ3n) is 4.47. The average molecular weight is 341 g/mol. The topological polar surface area (TPSA) is 75.3 Å². The van der Waals surface area contributed by atoms with Crippen LogP contribution in [0.15, 0.2) is 29.1 Å². The second-order valence-corrected chi connectivity index (χ2v) is 6.59. The Morgan fingerprint density at radius 1 is 1.36 bits per heavy atom. The van der Waals surface area contributed by atoms with E-state index in [-0.39, 0.29) is 17.4 Å². The van der Waals surface area contributed by atoms with Gasteiger partial charge in [-0.3, -0.25) is 9.59 Å². The summed E-state index contributed by atoms with van der Waals surface area (Å²) in [5, 5.41) is 0. The highest BCUT2D eigenvalue weighted by Gasteiger charge is 2.25. The molecule has 1 aromatic carbocycles. The van der Waals surface area contributed by atoms with Crippen molar-refractivity contribution in [2.45, 2.75) is 33.2 Å². The van der Waals surface area contributed by atoms with Crippen LogP contribution < -0.4 is 10.3 Å². The van der Waals surface area contributed by atoms with Gasteiger partial charge in [0.2, 0.25) is 5.91 Å². The van der Waals surface area contributed by atoms with Crippen LogP contribution in [-0.4, -0.2) is 34.4 Å². The minimum atomic E-state index is -0.156. The zero-order chi connectivity index (χ0) is 18.0. The Morgan fingerprint density at radius 3 is 2.84 bits per heavy atom. The van der Waals surface area contributed by atoms with Crippen molar-refractivity contribution in [2.24, 2.45) is 5.92 Å². The van der Waals surface area contributed by atoms with E-state index in [1.54, 1.807) is 12.0 Å². The highest BCUT2D eigenvalue weighted by atomic mass is 16.5. The molecule has 0 atom stereocenters. The molecule has 0 bridgehead atoms. The van der Waals surface area contributed by atoms with Gasteiger partial charge in [0.1, 0.15) is 11.6 Å². The number of aromatic nitrogens is 2. The van der Waals surface area contributed by atoms with Crippen molar-refractivity contribution < 1.29 is 9.53 Å². The lowest BCUT2D eigenvalue weighted by molar-refractivity contribution is -0.135. The van der Waals surface area contributed by atoms with E-state index >= 15 is 0 Å². The molecule has 3 rings (SSSR count). The summed E-state index contributed by atoms with van der Waals surface area (Å²) < 4.78 is 5.36. The summed E-state index contributed by atoms with van der Waals surface area (Å²) in [5.41, 5.74) is 2.21. The average Bonchev–Trinajstić information content (AvgIpc) is 2.61. The highest BCUT2D eigenvalue weighted by molar-refractivity contribution is 5.78. The predicted molar refractivity (Wildman–Crippen MR) is 94.6 cm³/mol. The summed E-state index contributed by atoms with van der Waals surface area (Å²) in [6.45, 7) is 4.69. The van der Waals surface area contributed by atoms with Crippen LogP contribution in [-0.2, 0) is 24.2 Å². The normalized spacial score (nSPS) is 13.7. The molecule has 1 N–H and O–H groups in total. The Hall–Kier alpha value is -2.63. The fourth-order valence-corrected chi connectivity index (χ4v) is 3.14. The van der Waals surface area contributed by atoms with Gasteiger partial charge in [0.05, 0.1) is 24.9 Å². The van der Waals surface area contributed by atoms with E-state index in [0.717, 1.165) is 17.0 Å². The van der Waals surface area contributed by atoms with Crippen molar-refractivity contribution in [1.29, 1.82) is 0 Å². The van der Waals surface area contributed by atoms with E-state index in [1.165, 1.54) is 0 Å². The van der Waals surface area contributed by atoms with Gasteiger partial charge in [-0.25, -0.2) is 4.98 Å². The first kappa shape index (κ1) is 17.2. The van der Waals surface area contributed by atoms with Crippen LogP contribution >= 0.6 is 0 Å². The quantitative estimate of drug-likeness (QED) is 0.922. The number of amides is 1. The first-order chi connectivity index (χ1) is 12.0. The molecule has 1 aliphatic heterocycles. The summed E-state index contributed by atoms with van der Waals surface area (Å²) >= 11 is 0. The Morgan fingerprint density at radius 2 is 2.12 bits per heavy atom. The van der Waals surface area contributed by atoms with E-state index in [9.17, 15) is 9.59 Å². The molecular weight excluding hydrogens is 318 g/mol. The number of carbonyl (C=O) groups is 1. The van der Waals surface area contributed by atoms with Crippen molar-refractivity contribution >= 4 is 5.91 Å². The lowest BCUT2D eigenvalue weighted by Crippen LogP contribution is -2.41. The molecule has 0 saturated heterocycles. The smallest absolute Gasteiger partial charge is 0.256 e. The van der Waals surface area contributed by atoms with Gasteiger partial charge in [-0.1, -0.05) is 32.0 Å². The van der Waals surface area contributed by atoms with Crippen molar-refractivity contribution in [2.75, 3.05) is 13.7 Å². The van der Waals surface area contributed by atoms with Crippen LogP contribution in [0.5, 0.6) is 5.75 Å². The van der Waals surface area contributed by atoms with Crippen LogP contribution in [0.1, 0.15) is 36.5 Å². The van der Waals surface area contributed by atoms with Crippen LogP contribution in [0.2, 0.25) is 0 Å². The standard InChI is InChI=1S/C19H23N3O3/c1-12(2)19(24)22-9-8-15-14(11-22)18(23)21-17(20-15)10-13-6-4-5-7-16(13)25-3/h4-7,12H,8-11H2,1-3H3,(H,20,21,23). The monoisotopic (exact) mass is 341 g/mol. The molecule has 132 valence electrons. The molecule has 2 aromatic rings. The van der Waals surface area contributed by atoms with Gasteiger partial charge >= 0.3 is 0 Å². The third kappa shape index (κ3) is 3.57. The Kier molecular flexibility index (Phi) is 4.88. The zero-order valence-electron chi connectivity index (χ0n) is 14.8. The van der Waals surface area contributed by atoms with Gasteiger partial charge in [-0.05, 0) is 6.07 Å². The number of benzene rings is 1. The number of carbonyl (C=O) groups excluding carboxylic acids is 1. The van der Waals surface area contributed by atoms with Gasteiger partial charge in [0.15, 0.2) is 0 Å². The molecular formula is C19H23N3O3. The number of H-pyrrole nitrogens is 1. The second-order valence-electron chi connectivity index (χ2n) is 6.59. The summed E-state index contributed by atoms with van der Waals surface area (Å²) in [6, 6.07) is 7.69. The van der Waals surface area contributed by atoms with Crippen LogP contribution in [0.4, 0.5) is 0 Å². The molecule has 1 aromatic heterocycles. The molecule has 0 unspecified atom stereocenters. The maximum Gasteiger partial charge on any atom is 0.256 e. The van der Waals surface area contributed by atoms with Crippen LogP contribution in [0, 0.1) is 5.92 Å². The van der Waals surface area contributed by atoms with Crippen molar-refractivity contribution in [3.63, 3.8) is 0 Å². The molecule has 2 heterocycles. The number of aromatic amines is 1. The van der Waals surface area contributed by atoms with Crippen LogP contribution in [0.3, 0.4) is 0 Å². The number of nitrogens with zero attached hydrogens (tertiary/aromatic N) is 2. The summed E-state index contributed by atoms with van der Waals surface area (Å²) in [6.07, 6.45) is 1.11. The van der Waals surface area contributed by atoms with Gasteiger partial charge in [0.25, 0.3) is 5.56 Å². The number of nitrogens with one attached hydrogen (secondary N) is 1. The van der Waals surface area contributed by atoms with Crippen molar-refractivity contribution in [3.8, 4) is 5.75 Å². The number of ether oxygens (including phenoxy) is 1. The predicted octanol–water partition coefficient (Wildman–Crippen LogP) is 1.91. The fourth-order valence-electron chi connectivity index (χ4n) is 3.14. The molecule has 1 aliphatic rings. The molecule has 0 radical (unpaired) electrons. The number of rotatable bonds is 4. The highest BCUT2D eigenvalue weighted by Crippen LogP contribution is 2.21. The maximum absolute atomic E-state index is 12.5. The first-order valence-corrected chi connectivity index (χ1v) is 8.51. The molecule has 25 heavy (non-hydrogen) atoms. The number of fused-ring (bicyclic) bond motifs is 1. The molecule has 0 fully saturated rings. The van der Waals surface area contributed by atoms with Crippen molar-refractivity contribution in [3.05, 3.63) is 57.3 Å². The minimum Gasteiger partial charge on any atom is -0.496 e. The van der Waals surface area contributed by atoms with Gasteiger partial charge in [0, 0.05) is 30.9 Å². The number of hydrogen-bond acceptors (Lipinski definition) is 4. The van der Waals surface area contributed by atoms with Gasteiger partial charge in [-0.2, -0.15) is 0 Å². The third-order valence-corrected chi connectivity index (χ3v) is 4.47. The summed E-state index contributed by atoms with van der Waals surface area (Å²) in [7, 11) is 1.63. The molecule has 0 aliphatic carbocycles. The molecule has 6 nitrogen and oxygen atoms in total. The lowest BCUT2D eigenvalue weighted by Gasteiger charge is -2.29. The number of para-hydroxylation sites is 1. The number of hydrogen-bond donors (Lipinski definition) is 1. The molecule has 0 saturated carbocycles. The largest absolute Gasteiger partial charge is 0.496 e. The molecule has 6 heteroatoms. The lowest BCUT2D eigenvalue weighted by atomic mass is 10.0. The summed E-state index contributed by atoms with van der Waals surface area (Å²) in [5.74, 6) is 1.40. The van der Waals surface area contributed by atoms with Crippen molar-refractivity contribution in [1.82, 2.24) is 14.9 Å². The van der Waals surface area contributed by atoms with E-state index < -0.39 is 0 Å². The zero-order valence-corrected chi connectivity index (χ0v) is 14.8. The maximum atomic E-state index is 12.5. The SMILES string of the molecule is COc1ccccc1Cc1nc2c(c(=O)[nH]1)CN(C(=O)C(C)C)CC2. The van der Waals surface area contributed by atoms with Gasteiger partial charge < -0.3 is 14.6 Å². The first-order valence-electron chi connectivity index (χ1n) is 8.51. The Labute approximate surface area is 146 Å². The summed E-state index contributed by atoms with van der Waals surface area (Å²) in [4.78, 5) is 33.9. The van der Waals surface area contributed by atoms with E-state index in [0.29, 0.717) is 37.3 Å². The van der Waals surface area contributed by atoms with Gasteiger partial charge in [-0.15, -0.1) is 0 Å².